The average Bonchev–Trinajstić information content (AvgIpc) is 2.29. The fourth-order valence-corrected chi connectivity index (χ4v) is 1.39. The van der Waals surface area contributed by atoms with Crippen molar-refractivity contribution in [1.82, 2.24) is 10.3 Å². The van der Waals surface area contributed by atoms with Crippen LogP contribution in [-0.2, 0) is 0 Å². The molecule has 0 unspecified atom stereocenters. The van der Waals surface area contributed by atoms with Crippen molar-refractivity contribution in [3.63, 3.8) is 0 Å². The smallest absolute Gasteiger partial charge is 0.213 e. The van der Waals surface area contributed by atoms with Crippen LogP contribution in [0.4, 0.5) is 0 Å². The highest BCUT2D eigenvalue weighted by atomic mass is 16.5. The van der Waals surface area contributed by atoms with Crippen LogP contribution in [0.1, 0.15) is 34.6 Å². The van der Waals surface area contributed by atoms with Gasteiger partial charge in [-0.2, -0.15) is 0 Å². The maximum absolute atomic E-state index is 5.71. The highest BCUT2D eigenvalue weighted by molar-refractivity contribution is 5.22. The third-order valence-corrected chi connectivity index (χ3v) is 2.26. The fraction of sp³-hybridized carbons (Fsp3) is 0.643. The topological polar surface area (TPSA) is 43.4 Å². The lowest BCUT2D eigenvalue weighted by molar-refractivity contribution is 0.195. The summed E-state index contributed by atoms with van der Waals surface area (Å²) >= 11 is 0. The highest BCUT2D eigenvalue weighted by Crippen LogP contribution is 2.14. The minimum Gasteiger partial charge on any atom is -0.492 e. The van der Waals surface area contributed by atoms with Gasteiger partial charge in [0.15, 0.2) is 0 Å². The molecule has 1 rings (SSSR count). The molecule has 0 radical (unpaired) electrons. The van der Waals surface area contributed by atoms with Gasteiger partial charge in [0, 0.05) is 18.2 Å². The van der Waals surface area contributed by atoms with Gasteiger partial charge in [-0.25, -0.2) is 4.98 Å². The lowest BCUT2D eigenvalue weighted by atomic mass is 10.1. The number of hydrogen-bond acceptors (Lipinski definition) is 4. The van der Waals surface area contributed by atoms with Crippen LogP contribution in [0.2, 0.25) is 0 Å². The van der Waals surface area contributed by atoms with E-state index in [1.54, 1.807) is 6.20 Å². The van der Waals surface area contributed by atoms with Crippen LogP contribution in [0.15, 0.2) is 18.3 Å². The molecule has 0 amide bonds. The zero-order valence-corrected chi connectivity index (χ0v) is 12.0. The molecule has 0 aromatic carbocycles. The molecule has 0 bridgehead atoms. The Bertz CT molecular complexity index is 344. The first kappa shape index (κ1) is 14.8. The lowest BCUT2D eigenvalue weighted by Gasteiger charge is -2.23. The molecule has 0 aliphatic heterocycles. The molecular weight excluding hydrogens is 228 g/mol. The van der Waals surface area contributed by atoms with E-state index >= 15 is 0 Å². The summed E-state index contributed by atoms with van der Waals surface area (Å²) in [6.45, 7) is 11.8. The average molecular weight is 252 g/mol. The predicted molar refractivity (Wildman–Crippen MR) is 73.3 cm³/mol. The van der Waals surface area contributed by atoms with Crippen molar-refractivity contribution < 1.29 is 9.47 Å². The van der Waals surface area contributed by atoms with E-state index in [-0.39, 0.29) is 11.6 Å². The molecule has 0 saturated carbocycles. The Kier molecular flexibility index (Phi) is 5.41. The molecule has 4 heteroatoms. The monoisotopic (exact) mass is 252 g/mol. The second-order valence-electron chi connectivity index (χ2n) is 5.32. The van der Waals surface area contributed by atoms with Crippen LogP contribution in [0, 0.1) is 0 Å². The number of pyridine rings is 1. The Morgan fingerprint density at radius 1 is 1.33 bits per heavy atom. The van der Waals surface area contributed by atoms with Crippen molar-refractivity contribution in [2.24, 2.45) is 0 Å². The van der Waals surface area contributed by atoms with Crippen LogP contribution in [0.3, 0.4) is 0 Å². The van der Waals surface area contributed by atoms with E-state index in [2.05, 4.69) is 31.1 Å². The minimum absolute atomic E-state index is 0.0784. The Morgan fingerprint density at radius 2 is 2.06 bits per heavy atom. The van der Waals surface area contributed by atoms with E-state index in [0.717, 1.165) is 12.3 Å². The molecule has 4 nitrogen and oxygen atoms in total. The second kappa shape index (κ2) is 6.59. The summed E-state index contributed by atoms with van der Waals surface area (Å²) in [5, 5.41) is 3.40. The Balaban J connectivity index is 2.41. The molecule has 1 aromatic heterocycles. The van der Waals surface area contributed by atoms with Gasteiger partial charge < -0.3 is 14.8 Å². The SMILES string of the molecule is CCOc1ccc(O[C@@H](C)CNC(C)(C)C)nc1. The standard InChI is InChI=1S/C14H24N2O2/c1-6-17-12-7-8-13(15-10-12)18-11(2)9-16-14(3,4)5/h7-8,10-11,16H,6,9H2,1-5H3/t11-/m0/s1. The van der Waals surface area contributed by atoms with Crippen LogP contribution in [-0.4, -0.2) is 29.8 Å². The van der Waals surface area contributed by atoms with E-state index in [1.165, 1.54) is 0 Å². The molecule has 1 atom stereocenters. The number of rotatable bonds is 6. The van der Waals surface area contributed by atoms with Gasteiger partial charge in [-0.05, 0) is 40.7 Å². The summed E-state index contributed by atoms with van der Waals surface area (Å²) in [4.78, 5) is 4.21. The molecule has 1 heterocycles. The maximum atomic E-state index is 5.71. The van der Waals surface area contributed by atoms with Crippen molar-refractivity contribution in [2.75, 3.05) is 13.2 Å². The molecule has 0 aliphatic rings. The molecule has 0 saturated heterocycles. The molecule has 0 fully saturated rings. The van der Waals surface area contributed by atoms with Gasteiger partial charge in [-0.15, -0.1) is 0 Å². The van der Waals surface area contributed by atoms with E-state index in [9.17, 15) is 0 Å². The van der Waals surface area contributed by atoms with Gasteiger partial charge >= 0.3 is 0 Å². The van der Waals surface area contributed by atoms with Gasteiger partial charge in [0.2, 0.25) is 5.88 Å². The minimum atomic E-state index is 0.0784. The maximum Gasteiger partial charge on any atom is 0.213 e. The number of ether oxygens (including phenoxy) is 2. The third kappa shape index (κ3) is 5.87. The molecular formula is C14H24N2O2. The number of nitrogens with one attached hydrogen (secondary N) is 1. The van der Waals surface area contributed by atoms with Crippen molar-refractivity contribution in [1.29, 1.82) is 0 Å². The molecule has 1 N–H and O–H groups in total. The quantitative estimate of drug-likeness (QED) is 0.845. The predicted octanol–water partition coefficient (Wildman–Crippen LogP) is 2.64. The molecule has 102 valence electrons. The highest BCUT2D eigenvalue weighted by Gasteiger charge is 2.12. The van der Waals surface area contributed by atoms with Crippen molar-refractivity contribution in [3.05, 3.63) is 18.3 Å². The first-order valence-electron chi connectivity index (χ1n) is 6.41. The zero-order valence-electron chi connectivity index (χ0n) is 12.0. The number of hydrogen-bond donors (Lipinski definition) is 1. The summed E-state index contributed by atoms with van der Waals surface area (Å²) in [6.07, 6.45) is 1.76. The summed E-state index contributed by atoms with van der Waals surface area (Å²) in [7, 11) is 0. The lowest BCUT2D eigenvalue weighted by Crippen LogP contribution is -2.41. The molecule has 1 aromatic rings. The molecule has 0 spiro atoms. The van der Waals surface area contributed by atoms with Crippen LogP contribution < -0.4 is 14.8 Å². The van der Waals surface area contributed by atoms with Crippen LogP contribution in [0.5, 0.6) is 11.6 Å². The fourth-order valence-electron chi connectivity index (χ4n) is 1.39. The first-order chi connectivity index (χ1) is 8.40. The summed E-state index contributed by atoms with van der Waals surface area (Å²) in [5.41, 5.74) is 0.101. The van der Waals surface area contributed by atoms with Gasteiger partial charge in [0.1, 0.15) is 11.9 Å². The second-order valence-corrected chi connectivity index (χ2v) is 5.32. The largest absolute Gasteiger partial charge is 0.492 e. The third-order valence-electron chi connectivity index (χ3n) is 2.26. The van der Waals surface area contributed by atoms with Gasteiger partial charge in [-0.1, -0.05) is 0 Å². The van der Waals surface area contributed by atoms with Crippen molar-refractivity contribution in [3.8, 4) is 11.6 Å². The van der Waals surface area contributed by atoms with Gasteiger partial charge in [-0.3, -0.25) is 0 Å². The molecule has 18 heavy (non-hydrogen) atoms. The van der Waals surface area contributed by atoms with E-state index in [0.29, 0.717) is 12.5 Å². The van der Waals surface area contributed by atoms with Crippen molar-refractivity contribution >= 4 is 0 Å². The van der Waals surface area contributed by atoms with Gasteiger partial charge in [0.05, 0.1) is 12.8 Å². The molecule has 0 aliphatic carbocycles. The van der Waals surface area contributed by atoms with Gasteiger partial charge in [0.25, 0.3) is 0 Å². The van der Waals surface area contributed by atoms with E-state index in [1.807, 2.05) is 26.0 Å². The zero-order chi connectivity index (χ0) is 13.6. The van der Waals surface area contributed by atoms with Crippen molar-refractivity contribution in [2.45, 2.75) is 46.3 Å². The Labute approximate surface area is 110 Å². The number of aromatic nitrogens is 1. The summed E-state index contributed by atoms with van der Waals surface area (Å²) < 4.78 is 11.0. The number of nitrogens with zero attached hydrogens (tertiary/aromatic N) is 1. The Morgan fingerprint density at radius 3 is 2.56 bits per heavy atom. The van der Waals surface area contributed by atoms with E-state index in [4.69, 9.17) is 9.47 Å². The first-order valence-corrected chi connectivity index (χ1v) is 6.41. The normalized spacial score (nSPS) is 13.2. The van der Waals surface area contributed by atoms with Crippen LogP contribution >= 0.6 is 0 Å². The van der Waals surface area contributed by atoms with E-state index < -0.39 is 0 Å². The summed E-state index contributed by atoms with van der Waals surface area (Å²) in [5.74, 6) is 1.40. The summed E-state index contributed by atoms with van der Waals surface area (Å²) in [6, 6.07) is 3.70. The van der Waals surface area contributed by atoms with Crippen LogP contribution in [0.25, 0.3) is 0 Å². The Hall–Kier alpha value is -1.29.